The third kappa shape index (κ3) is 2.06. The van der Waals surface area contributed by atoms with Crippen molar-refractivity contribution in [2.75, 3.05) is 6.61 Å². The van der Waals surface area contributed by atoms with Crippen LogP contribution in [0.25, 0.3) is 0 Å². The summed E-state index contributed by atoms with van der Waals surface area (Å²) >= 11 is 5.19. The Morgan fingerprint density at radius 2 is 2.28 bits per heavy atom. The van der Waals surface area contributed by atoms with Crippen LogP contribution in [0.15, 0.2) is 17.1 Å². The number of hydrogen-bond donors (Lipinski definition) is 0. The Bertz CT molecular complexity index is 554. The van der Waals surface area contributed by atoms with Gasteiger partial charge in [0.25, 0.3) is 0 Å². The number of hydrogen-bond acceptors (Lipinski definition) is 4. The molecule has 0 amide bonds. The predicted molar refractivity (Wildman–Crippen MR) is 71.1 cm³/mol. The third-order valence-corrected chi connectivity index (χ3v) is 3.21. The standard InChI is InChI=1S/C13H12FNO2S/c1-3-17-13(16)8-6-15-11-7(2)4-5-9(14)10(11)12(8)18/h4-6,8H,3H2,1-2H3. The van der Waals surface area contributed by atoms with Crippen molar-refractivity contribution in [3.05, 3.63) is 29.1 Å². The molecule has 18 heavy (non-hydrogen) atoms. The highest BCUT2D eigenvalue weighted by Gasteiger charge is 2.31. The van der Waals surface area contributed by atoms with Gasteiger partial charge in [-0.25, -0.2) is 4.39 Å². The van der Waals surface area contributed by atoms with Crippen LogP contribution in [-0.4, -0.2) is 23.7 Å². The third-order valence-electron chi connectivity index (χ3n) is 2.75. The summed E-state index contributed by atoms with van der Waals surface area (Å²) in [6.07, 6.45) is 1.43. The summed E-state index contributed by atoms with van der Waals surface area (Å²) in [5.74, 6) is -1.71. The molecule has 3 nitrogen and oxygen atoms in total. The minimum Gasteiger partial charge on any atom is -0.465 e. The predicted octanol–water partition coefficient (Wildman–Crippen LogP) is 2.75. The van der Waals surface area contributed by atoms with E-state index in [1.54, 1.807) is 13.0 Å². The van der Waals surface area contributed by atoms with Gasteiger partial charge in [-0.2, -0.15) is 0 Å². The lowest BCUT2D eigenvalue weighted by Crippen LogP contribution is -2.29. The van der Waals surface area contributed by atoms with Gasteiger partial charge >= 0.3 is 5.97 Å². The van der Waals surface area contributed by atoms with Crippen LogP contribution in [-0.2, 0) is 9.53 Å². The molecule has 0 aliphatic carbocycles. The van der Waals surface area contributed by atoms with Crippen LogP contribution in [0.2, 0.25) is 0 Å². The Morgan fingerprint density at radius 3 is 2.94 bits per heavy atom. The van der Waals surface area contributed by atoms with E-state index < -0.39 is 17.7 Å². The van der Waals surface area contributed by atoms with E-state index in [2.05, 4.69) is 4.99 Å². The summed E-state index contributed by atoms with van der Waals surface area (Å²) in [5, 5.41) is 0. The van der Waals surface area contributed by atoms with Gasteiger partial charge in [-0.15, -0.1) is 0 Å². The number of nitrogens with zero attached hydrogens (tertiary/aromatic N) is 1. The van der Waals surface area contributed by atoms with E-state index in [1.807, 2.05) is 6.92 Å². The highest BCUT2D eigenvalue weighted by Crippen LogP contribution is 2.32. The van der Waals surface area contributed by atoms with Gasteiger partial charge in [-0.1, -0.05) is 18.3 Å². The quantitative estimate of drug-likeness (QED) is 0.609. The van der Waals surface area contributed by atoms with Gasteiger partial charge in [-0.05, 0) is 25.5 Å². The normalized spacial score (nSPS) is 17.5. The summed E-state index contributed by atoms with van der Waals surface area (Å²) in [6, 6.07) is 2.97. The van der Waals surface area contributed by atoms with Crippen molar-refractivity contribution in [3.8, 4) is 0 Å². The van der Waals surface area contributed by atoms with Crippen LogP contribution in [0.3, 0.4) is 0 Å². The van der Waals surface area contributed by atoms with E-state index in [-0.39, 0.29) is 17.0 Å². The molecule has 0 saturated carbocycles. The minimum absolute atomic E-state index is 0.236. The van der Waals surface area contributed by atoms with Crippen LogP contribution in [0, 0.1) is 18.7 Å². The summed E-state index contributed by atoms with van der Waals surface area (Å²) in [7, 11) is 0. The number of fused-ring (bicyclic) bond motifs is 1. The summed E-state index contributed by atoms with van der Waals surface area (Å²) < 4.78 is 18.7. The maximum atomic E-state index is 13.8. The van der Waals surface area contributed by atoms with Crippen LogP contribution in [0.4, 0.5) is 10.1 Å². The van der Waals surface area contributed by atoms with E-state index in [4.69, 9.17) is 17.0 Å². The van der Waals surface area contributed by atoms with E-state index in [0.29, 0.717) is 5.69 Å². The van der Waals surface area contributed by atoms with Crippen molar-refractivity contribution in [2.45, 2.75) is 13.8 Å². The second-order valence-corrected chi connectivity index (χ2v) is 4.40. The van der Waals surface area contributed by atoms with Gasteiger partial charge in [0.15, 0.2) is 0 Å². The fraction of sp³-hybridized carbons (Fsp3) is 0.308. The SMILES string of the molecule is CCOC(=O)C1C=Nc2c(C)ccc(F)c2C1=S. The first-order valence-corrected chi connectivity index (χ1v) is 6.01. The van der Waals surface area contributed by atoms with Gasteiger partial charge in [-0.3, -0.25) is 9.79 Å². The van der Waals surface area contributed by atoms with E-state index >= 15 is 0 Å². The molecule has 1 aliphatic heterocycles. The number of thiocarbonyl (C=S) groups is 1. The largest absolute Gasteiger partial charge is 0.465 e. The Hall–Kier alpha value is -1.62. The fourth-order valence-electron chi connectivity index (χ4n) is 1.84. The molecule has 0 N–H and O–H groups in total. The first kappa shape index (κ1) is 12.8. The number of halogens is 1. The number of carbonyl (C=O) groups excluding carboxylic acids is 1. The molecule has 1 aromatic carbocycles. The smallest absolute Gasteiger partial charge is 0.319 e. The average molecular weight is 265 g/mol. The lowest BCUT2D eigenvalue weighted by molar-refractivity contribution is -0.143. The molecule has 0 fully saturated rings. The molecule has 1 aromatic rings. The van der Waals surface area contributed by atoms with E-state index in [1.165, 1.54) is 12.3 Å². The van der Waals surface area contributed by atoms with Crippen molar-refractivity contribution in [2.24, 2.45) is 10.9 Å². The van der Waals surface area contributed by atoms with Crippen LogP contribution in [0.5, 0.6) is 0 Å². The number of carbonyl (C=O) groups is 1. The topological polar surface area (TPSA) is 38.7 Å². The molecule has 0 radical (unpaired) electrons. The molecule has 0 aromatic heterocycles. The fourth-order valence-corrected chi connectivity index (χ4v) is 2.19. The summed E-state index contributed by atoms with van der Waals surface area (Å²) in [5.41, 5.74) is 1.57. The zero-order chi connectivity index (χ0) is 13.3. The zero-order valence-electron chi connectivity index (χ0n) is 10.1. The van der Waals surface area contributed by atoms with Crippen LogP contribution < -0.4 is 0 Å². The molecular weight excluding hydrogens is 253 g/mol. The highest BCUT2D eigenvalue weighted by atomic mass is 32.1. The van der Waals surface area contributed by atoms with Crippen molar-refractivity contribution in [1.82, 2.24) is 0 Å². The van der Waals surface area contributed by atoms with Crippen LogP contribution in [0.1, 0.15) is 18.1 Å². The Kier molecular flexibility index (Phi) is 3.52. The Labute approximate surface area is 110 Å². The molecule has 0 spiro atoms. The summed E-state index contributed by atoms with van der Waals surface area (Å²) in [6.45, 7) is 3.79. The molecule has 5 heteroatoms. The van der Waals surface area contributed by atoms with Crippen molar-refractivity contribution < 1.29 is 13.9 Å². The second kappa shape index (κ2) is 4.94. The molecular formula is C13H12FNO2S. The summed E-state index contributed by atoms with van der Waals surface area (Å²) in [4.78, 5) is 16.1. The minimum atomic E-state index is -0.774. The maximum Gasteiger partial charge on any atom is 0.319 e. The number of aryl methyl sites for hydroxylation is 1. The molecule has 1 aliphatic rings. The molecule has 94 valence electrons. The number of benzene rings is 1. The van der Waals surface area contributed by atoms with Gasteiger partial charge in [0.2, 0.25) is 0 Å². The monoisotopic (exact) mass is 265 g/mol. The molecule has 1 heterocycles. The van der Waals surface area contributed by atoms with Crippen molar-refractivity contribution in [1.29, 1.82) is 0 Å². The molecule has 2 rings (SSSR count). The van der Waals surface area contributed by atoms with Gasteiger partial charge in [0.1, 0.15) is 11.7 Å². The number of esters is 1. The van der Waals surface area contributed by atoms with E-state index in [0.717, 1.165) is 5.56 Å². The zero-order valence-corrected chi connectivity index (χ0v) is 10.9. The second-order valence-electron chi connectivity index (χ2n) is 3.96. The van der Waals surface area contributed by atoms with Crippen LogP contribution >= 0.6 is 12.2 Å². The first-order chi connectivity index (χ1) is 8.56. The molecule has 0 bridgehead atoms. The number of ether oxygens (including phenoxy) is 1. The number of aliphatic imine (C=N–C) groups is 1. The maximum absolute atomic E-state index is 13.8. The van der Waals surface area contributed by atoms with Gasteiger partial charge < -0.3 is 4.74 Å². The highest BCUT2D eigenvalue weighted by molar-refractivity contribution is 7.81. The lowest BCUT2D eigenvalue weighted by Gasteiger charge is -2.20. The molecule has 1 unspecified atom stereocenters. The van der Waals surface area contributed by atoms with Crippen molar-refractivity contribution in [3.63, 3.8) is 0 Å². The van der Waals surface area contributed by atoms with Crippen molar-refractivity contribution >= 4 is 35.0 Å². The Morgan fingerprint density at radius 1 is 1.56 bits per heavy atom. The molecule has 0 saturated heterocycles. The lowest BCUT2D eigenvalue weighted by atomic mass is 9.93. The average Bonchev–Trinajstić information content (AvgIpc) is 2.34. The van der Waals surface area contributed by atoms with Gasteiger partial charge in [0.05, 0.1) is 17.9 Å². The number of rotatable bonds is 2. The molecule has 1 atom stereocenters. The first-order valence-electron chi connectivity index (χ1n) is 5.60. The van der Waals surface area contributed by atoms with E-state index in [9.17, 15) is 9.18 Å². The van der Waals surface area contributed by atoms with Gasteiger partial charge in [0, 0.05) is 11.1 Å². The Balaban J connectivity index is 2.46.